The van der Waals surface area contributed by atoms with Gasteiger partial charge < -0.3 is 10.4 Å². The van der Waals surface area contributed by atoms with E-state index in [9.17, 15) is 23.1 Å². The number of amides is 1. The highest BCUT2D eigenvalue weighted by atomic mass is 79.9. The zero-order valence-corrected chi connectivity index (χ0v) is 18.4. The van der Waals surface area contributed by atoms with Crippen LogP contribution in [0, 0.1) is 0 Å². The number of hydrogen-bond acceptors (Lipinski definition) is 3. The van der Waals surface area contributed by atoms with Crippen LogP contribution in [0.3, 0.4) is 0 Å². The second kappa shape index (κ2) is 8.81. The normalized spacial score (nSPS) is 11.3. The highest BCUT2D eigenvalue weighted by molar-refractivity contribution is 9.11. The average Bonchev–Trinajstić information content (AvgIpc) is 2.65. The smallest absolute Gasteiger partial charge is 0.416 e. The van der Waals surface area contributed by atoms with Crippen molar-refractivity contribution in [3.63, 3.8) is 0 Å². The molecule has 3 aromatic carbocycles. The Morgan fingerprint density at radius 3 is 2.31 bits per heavy atom. The van der Waals surface area contributed by atoms with Crippen LogP contribution in [-0.4, -0.2) is 11.0 Å². The number of aromatic hydroxyl groups is 1. The van der Waals surface area contributed by atoms with E-state index >= 15 is 0 Å². The molecule has 0 bridgehead atoms. The molecule has 0 aliphatic carbocycles. The number of phenolic OH excluding ortho intramolecular Hbond substituents is 1. The Kier molecular flexibility index (Phi) is 6.60. The highest BCUT2D eigenvalue weighted by Gasteiger charge is 2.30. The van der Waals surface area contributed by atoms with E-state index in [1.54, 1.807) is 36.4 Å². The Hall–Kier alpha value is -1.97. The fourth-order valence-corrected chi connectivity index (χ4v) is 4.52. The fourth-order valence-electron chi connectivity index (χ4n) is 2.42. The molecule has 2 N–H and O–H groups in total. The van der Waals surface area contributed by atoms with Gasteiger partial charge in [-0.25, -0.2) is 0 Å². The number of phenols is 1. The van der Waals surface area contributed by atoms with Crippen LogP contribution in [0.15, 0.2) is 79.4 Å². The molecular weight excluding hydrogens is 535 g/mol. The van der Waals surface area contributed by atoms with Gasteiger partial charge in [0.05, 0.1) is 15.6 Å². The minimum atomic E-state index is -4.39. The van der Waals surface area contributed by atoms with Gasteiger partial charge in [0.2, 0.25) is 0 Å². The van der Waals surface area contributed by atoms with E-state index in [1.807, 2.05) is 0 Å². The minimum Gasteiger partial charge on any atom is -0.506 e. The summed E-state index contributed by atoms with van der Waals surface area (Å²) in [6, 6.07) is 14.8. The Morgan fingerprint density at radius 2 is 1.66 bits per heavy atom. The predicted octanol–water partition coefficient (Wildman–Crippen LogP) is 7.34. The summed E-state index contributed by atoms with van der Waals surface area (Å²) in [5.41, 5.74) is -0.126. The van der Waals surface area contributed by atoms with Gasteiger partial charge in [-0.2, -0.15) is 13.2 Å². The zero-order chi connectivity index (χ0) is 21.2. The van der Waals surface area contributed by atoms with Crippen molar-refractivity contribution in [3.8, 4) is 5.75 Å². The van der Waals surface area contributed by atoms with Crippen LogP contribution in [0.5, 0.6) is 5.75 Å². The summed E-state index contributed by atoms with van der Waals surface area (Å²) in [5, 5.41) is 12.7. The molecule has 0 atom stereocenters. The first-order valence-corrected chi connectivity index (χ1v) is 10.5. The summed E-state index contributed by atoms with van der Waals surface area (Å²) < 4.78 is 39.5. The Bertz CT molecular complexity index is 1060. The highest BCUT2D eigenvalue weighted by Crippen LogP contribution is 2.35. The van der Waals surface area contributed by atoms with Crippen LogP contribution in [0.2, 0.25) is 0 Å². The zero-order valence-electron chi connectivity index (χ0n) is 14.4. The van der Waals surface area contributed by atoms with Gasteiger partial charge in [0.15, 0.2) is 0 Å². The summed E-state index contributed by atoms with van der Waals surface area (Å²) in [4.78, 5) is 13.6. The number of halogens is 5. The molecule has 0 heterocycles. The molecule has 0 fully saturated rings. The van der Waals surface area contributed by atoms with Crippen molar-refractivity contribution < 1.29 is 23.1 Å². The van der Waals surface area contributed by atoms with Gasteiger partial charge in [-0.05, 0) is 70.5 Å². The van der Waals surface area contributed by atoms with Gasteiger partial charge in [0, 0.05) is 20.0 Å². The SMILES string of the molecule is O=C(Nc1ccc(Sc2cccc(C(F)(F)F)c2)cc1)c1cc(Br)cc(Br)c1O. The maximum atomic E-state index is 12.8. The lowest BCUT2D eigenvalue weighted by Gasteiger charge is -2.10. The molecule has 3 nitrogen and oxygen atoms in total. The van der Waals surface area contributed by atoms with Gasteiger partial charge >= 0.3 is 6.18 Å². The monoisotopic (exact) mass is 545 g/mol. The van der Waals surface area contributed by atoms with E-state index in [0.29, 0.717) is 19.5 Å². The van der Waals surface area contributed by atoms with Crippen LogP contribution in [0.1, 0.15) is 15.9 Å². The van der Waals surface area contributed by atoms with Crippen LogP contribution in [-0.2, 0) is 6.18 Å². The van der Waals surface area contributed by atoms with Crippen molar-refractivity contribution in [2.75, 3.05) is 5.32 Å². The molecule has 0 unspecified atom stereocenters. The topological polar surface area (TPSA) is 49.3 Å². The molecule has 0 spiro atoms. The van der Waals surface area contributed by atoms with Crippen molar-refractivity contribution in [2.24, 2.45) is 0 Å². The largest absolute Gasteiger partial charge is 0.506 e. The minimum absolute atomic E-state index is 0.0914. The van der Waals surface area contributed by atoms with Crippen molar-refractivity contribution in [2.45, 2.75) is 16.0 Å². The lowest BCUT2D eigenvalue weighted by atomic mass is 10.2. The molecule has 0 aliphatic rings. The molecule has 3 rings (SSSR count). The van der Waals surface area contributed by atoms with E-state index in [4.69, 9.17) is 0 Å². The maximum Gasteiger partial charge on any atom is 0.416 e. The van der Waals surface area contributed by atoms with Crippen molar-refractivity contribution in [1.29, 1.82) is 0 Å². The van der Waals surface area contributed by atoms with Gasteiger partial charge in [-0.15, -0.1) is 0 Å². The van der Waals surface area contributed by atoms with E-state index < -0.39 is 17.6 Å². The van der Waals surface area contributed by atoms with Crippen molar-refractivity contribution >= 4 is 55.2 Å². The summed E-state index contributed by atoms with van der Waals surface area (Å²) in [7, 11) is 0. The van der Waals surface area contributed by atoms with Gasteiger partial charge in [0.25, 0.3) is 5.91 Å². The Morgan fingerprint density at radius 1 is 0.966 bits per heavy atom. The molecule has 9 heteroatoms. The third-order valence-electron chi connectivity index (χ3n) is 3.78. The fraction of sp³-hybridized carbons (Fsp3) is 0.0500. The summed E-state index contributed by atoms with van der Waals surface area (Å²) in [6.45, 7) is 0. The second-order valence-corrected chi connectivity index (χ2v) is 8.81. The molecule has 1 amide bonds. The number of carbonyl (C=O) groups is 1. The number of anilines is 1. The van der Waals surface area contributed by atoms with Crippen LogP contribution in [0.25, 0.3) is 0 Å². The Labute approximate surface area is 185 Å². The number of carbonyl (C=O) groups excluding carboxylic acids is 1. The third kappa shape index (κ3) is 5.55. The number of hydrogen-bond donors (Lipinski definition) is 2. The van der Waals surface area contributed by atoms with Crippen molar-refractivity contribution in [1.82, 2.24) is 0 Å². The molecule has 0 saturated carbocycles. The molecule has 29 heavy (non-hydrogen) atoms. The standard InChI is InChI=1S/C20H12Br2F3NO2S/c21-12-9-16(18(27)17(22)10-12)19(28)26-13-4-6-14(7-5-13)29-15-3-1-2-11(8-15)20(23,24)25/h1-10,27H,(H,26,28). The summed E-state index contributed by atoms with van der Waals surface area (Å²) in [6.07, 6.45) is -4.39. The molecule has 3 aromatic rings. The number of rotatable bonds is 4. The predicted molar refractivity (Wildman–Crippen MR) is 113 cm³/mol. The molecule has 0 radical (unpaired) electrons. The maximum absolute atomic E-state index is 12.8. The van der Waals surface area contributed by atoms with Crippen LogP contribution >= 0.6 is 43.6 Å². The second-order valence-electron chi connectivity index (χ2n) is 5.89. The molecule has 0 aromatic heterocycles. The first kappa shape index (κ1) is 21.7. The first-order valence-electron chi connectivity index (χ1n) is 8.08. The summed E-state index contributed by atoms with van der Waals surface area (Å²) >= 11 is 7.62. The lowest BCUT2D eigenvalue weighted by Crippen LogP contribution is -2.12. The number of nitrogens with one attached hydrogen (secondary N) is 1. The van der Waals surface area contributed by atoms with E-state index in [1.165, 1.54) is 23.9 Å². The van der Waals surface area contributed by atoms with Gasteiger partial charge in [-0.1, -0.05) is 33.8 Å². The number of alkyl halides is 3. The van der Waals surface area contributed by atoms with Gasteiger partial charge in [0.1, 0.15) is 5.75 Å². The molecular formula is C20H12Br2F3NO2S. The first-order chi connectivity index (χ1) is 13.6. The quantitative estimate of drug-likeness (QED) is 0.360. The Balaban J connectivity index is 1.72. The van der Waals surface area contributed by atoms with Crippen molar-refractivity contribution in [3.05, 3.63) is 80.7 Å². The van der Waals surface area contributed by atoms with Crippen LogP contribution < -0.4 is 5.32 Å². The number of benzene rings is 3. The molecule has 150 valence electrons. The third-order valence-corrected chi connectivity index (χ3v) is 5.84. The average molecular weight is 547 g/mol. The van der Waals surface area contributed by atoms with E-state index in [2.05, 4.69) is 37.2 Å². The van der Waals surface area contributed by atoms with E-state index in [0.717, 1.165) is 17.0 Å². The van der Waals surface area contributed by atoms with E-state index in [-0.39, 0.29) is 11.3 Å². The summed E-state index contributed by atoms with van der Waals surface area (Å²) in [5.74, 6) is -0.676. The molecule has 0 aliphatic heterocycles. The van der Waals surface area contributed by atoms with Gasteiger partial charge in [-0.3, -0.25) is 4.79 Å². The van der Waals surface area contributed by atoms with Crippen LogP contribution in [0.4, 0.5) is 18.9 Å². The lowest BCUT2D eigenvalue weighted by molar-refractivity contribution is -0.137. The molecule has 0 saturated heterocycles.